The van der Waals surface area contributed by atoms with Gasteiger partial charge in [0.15, 0.2) is 0 Å². The summed E-state index contributed by atoms with van der Waals surface area (Å²) in [7, 11) is 0. The number of amides is 1. The fraction of sp³-hybridized carbons (Fsp3) is 0.667. The number of benzene rings is 1. The Morgan fingerprint density at radius 2 is 1.40 bits per heavy atom. The predicted molar refractivity (Wildman–Crippen MR) is 101 cm³/mol. The van der Waals surface area contributed by atoms with Gasteiger partial charge in [0.1, 0.15) is 5.75 Å². The lowest BCUT2D eigenvalue weighted by Crippen LogP contribution is -2.48. The second kappa shape index (κ2) is 6.64. The Hall–Kier alpha value is -1.55. The molecule has 140 valence electrons. The van der Waals surface area contributed by atoms with Crippen molar-refractivity contribution in [2.24, 2.45) is 0 Å². The molecule has 0 bridgehead atoms. The Morgan fingerprint density at radius 1 is 1.00 bits per heavy atom. The Morgan fingerprint density at radius 3 is 1.76 bits per heavy atom. The van der Waals surface area contributed by atoms with Crippen LogP contribution in [-0.4, -0.2) is 41.2 Å². The van der Waals surface area contributed by atoms with Crippen LogP contribution in [0.3, 0.4) is 0 Å². The maximum absolute atomic E-state index is 13.1. The largest absolute Gasteiger partial charge is 0.507 e. The Labute approximate surface area is 152 Å². The van der Waals surface area contributed by atoms with Gasteiger partial charge in [-0.1, -0.05) is 41.5 Å². The Kier molecular flexibility index (Phi) is 5.25. The average molecular weight is 347 g/mol. The third-order valence-corrected chi connectivity index (χ3v) is 4.68. The molecule has 1 fully saturated rings. The summed E-state index contributed by atoms with van der Waals surface area (Å²) in [5.74, 6) is 0.318. The quantitative estimate of drug-likeness (QED) is 0.827. The molecule has 4 nitrogen and oxygen atoms in total. The number of ether oxygens (including phenoxy) is 1. The van der Waals surface area contributed by atoms with E-state index in [1.807, 2.05) is 30.9 Å². The molecule has 2 rings (SSSR count). The van der Waals surface area contributed by atoms with E-state index in [9.17, 15) is 9.90 Å². The minimum atomic E-state index is -0.244. The van der Waals surface area contributed by atoms with Gasteiger partial charge < -0.3 is 14.7 Å². The van der Waals surface area contributed by atoms with Crippen LogP contribution in [0.5, 0.6) is 5.75 Å². The van der Waals surface area contributed by atoms with Crippen molar-refractivity contribution >= 4 is 5.91 Å². The van der Waals surface area contributed by atoms with E-state index >= 15 is 0 Å². The molecule has 4 heteroatoms. The summed E-state index contributed by atoms with van der Waals surface area (Å²) in [6.07, 6.45) is 0.0722. The highest BCUT2D eigenvalue weighted by molar-refractivity contribution is 5.95. The van der Waals surface area contributed by atoms with Gasteiger partial charge in [0.25, 0.3) is 5.91 Å². The van der Waals surface area contributed by atoms with Gasteiger partial charge in [-0.05, 0) is 36.8 Å². The molecule has 1 N–H and O–H groups in total. The number of carbonyl (C=O) groups is 1. The minimum Gasteiger partial charge on any atom is -0.507 e. The highest BCUT2D eigenvalue weighted by atomic mass is 16.5. The first-order valence-corrected chi connectivity index (χ1v) is 9.13. The van der Waals surface area contributed by atoms with E-state index in [1.54, 1.807) is 0 Å². The van der Waals surface area contributed by atoms with E-state index in [-0.39, 0.29) is 28.9 Å². The summed E-state index contributed by atoms with van der Waals surface area (Å²) in [6.45, 7) is 17.5. The van der Waals surface area contributed by atoms with Crippen molar-refractivity contribution in [3.05, 3.63) is 28.8 Å². The molecule has 1 amide bonds. The smallest absolute Gasteiger partial charge is 0.254 e. The predicted octanol–water partition coefficient (Wildman–Crippen LogP) is 4.24. The molecule has 0 radical (unpaired) electrons. The summed E-state index contributed by atoms with van der Waals surface area (Å²) in [5.41, 5.74) is 1.79. The standard InChI is InChI=1S/C21H33NO3/c1-13-11-22(12-14(2)25-13)19(24)15-9-16(20(3,4)5)18(23)17(10-15)21(6,7)8/h9-10,13-14,23H,11-12H2,1-8H3. The molecule has 1 aliphatic rings. The molecule has 0 aromatic heterocycles. The van der Waals surface area contributed by atoms with Gasteiger partial charge >= 0.3 is 0 Å². The molecule has 25 heavy (non-hydrogen) atoms. The van der Waals surface area contributed by atoms with Gasteiger partial charge in [0, 0.05) is 29.8 Å². The van der Waals surface area contributed by atoms with Gasteiger partial charge in [-0.25, -0.2) is 0 Å². The molecule has 2 unspecified atom stereocenters. The van der Waals surface area contributed by atoms with E-state index in [1.165, 1.54) is 0 Å². The number of morpholine rings is 1. The maximum atomic E-state index is 13.1. The van der Waals surface area contributed by atoms with Crippen molar-refractivity contribution in [2.75, 3.05) is 13.1 Å². The van der Waals surface area contributed by atoms with Gasteiger partial charge in [0.2, 0.25) is 0 Å². The lowest BCUT2D eigenvalue weighted by Gasteiger charge is -2.36. The summed E-state index contributed by atoms with van der Waals surface area (Å²) in [5, 5.41) is 10.8. The number of phenols is 1. The van der Waals surface area contributed by atoms with Gasteiger partial charge in [-0.3, -0.25) is 4.79 Å². The highest BCUT2D eigenvalue weighted by Gasteiger charge is 2.31. The number of carbonyl (C=O) groups excluding carboxylic acids is 1. The molecule has 1 aromatic carbocycles. The van der Waals surface area contributed by atoms with Crippen molar-refractivity contribution in [1.29, 1.82) is 0 Å². The van der Waals surface area contributed by atoms with Crippen LogP contribution in [0.15, 0.2) is 12.1 Å². The van der Waals surface area contributed by atoms with Crippen LogP contribution < -0.4 is 0 Å². The lowest BCUT2D eigenvalue weighted by molar-refractivity contribution is -0.0586. The van der Waals surface area contributed by atoms with Crippen LogP contribution in [0.1, 0.15) is 76.9 Å². The monoisotopic (exact) mass is 347 g/mol. The second-order valence-corrected chi connectivity index (χ2v) is 9.39. The number of nitrogens with zero attached hydrogens (tertiary/aromatic N) is 1. The zero-order valence-electron chi connectivity index (χ0n) is 16.9. The number of aromatic hydroxyl groups is 1. The van der Waals surface area contributed by atoms with Crippen molar-refractivity contribution < 1.29 is 14.6 Å². The van der Waals surface area contributed by atoms with E-state index < -0.39 is 0 Å². The van der Waals surface area contributed by atoms with Crippen molar-refractivity contribution in [3.63, 3.8) is 0 Å². The molecule has 0 saturated carbocycles. The second-order valence-electron chi connectivity index (χ2n) is 9.39. The number of rotatable bonds is 1. The fourth-order valence-electron chi connectivity index (χ4n) is 3.43. The molecular weight excluding hydrogens is 314 g/mol. The zero-order chi connectivity index (χ0) is 19.2. The van der Waals surface area contributed by atoms with Crippen molar-refractivity contribution in [3.8, 4) is 5.75 Å². The molecule has 0 aliphatic carbocycles. The van der Waals surface area contributed by atoms with Crippen LogP contribution in [0, 0.1) is 0 Å². The zero-order valence-corrected chi connectivity index (χ0v) is 16.9. The number of phenolic OH excluding ortho intramolecular Hbond substituents is 1. The fourth-order valence-corrected chi connectivity index (χ4v) is 3.43. The Balaban J connectivity index is 2.52. The summed E-state index contributed by atoms with van der Waals surface area (Å²) < 4.78 is 5.74. The first-order valence-electron chi connectivity index (χ1n) is 9.13. The van der Waals surface area contributed by atoms with Crippen LogP contribution >= 0.6 is 0 Å². The van der Waals surface area contributed by atoms with Gasteiger partial charge in [-0.2, -0.15) is 0 Å². The van der Waals surface area contributed by atoms with E-state index in [4.69, 9.17) is 4.74 Å². The summed E-state index contributed by atoms with van der Waals surface area (Å²) in [6, 6.07) is 3.72. The van der Waals surface area contributed by atoms with Crippen LogP contribution in [0.25, 0.3) is 0 Å². The SMILES string of the molecule is CC1CN(C(=O)c2cc(C(C)(C)C)c(O)c(C(C)(C)C)c2)CC(C)O1. The van der Waals surface area contributed by atoms with Crippen LogP contribution in [-0.2, 0) is 15.6 Å². The van der Waals surface area contributed by atoms with E-state index in [0.717, 1.165) is 11.1 Å². The summed E-state index contributed by atoms with van der Waals surface area (Å²) >= 11 is 0. The third kappa shape index (κ3) is 4.35. The van der Waals surface area contributed by atoms with E-state index in [2.05, 4.69) is 41.5 Å². The van der Waals surface area contributed by atoms with Crippen molar-refractivity contribution in [2.45, 2.75) is 78.4 Å². The van der Waals surface area contributed by atoms with Gasteiger partial charge in [-0.15, -0.1) is 0 Å². The number of hydrogen-bond donors (Lipinski definition) is 1. The minimum absolute atomic E-state index is 0.0120. The molecule has 2 atom stereocenters. The first kappa shape index (κ1) is 19.8. The highest BCUT2D eigenvalue weighted by Crippen LogP contribution is 2.40. The van der Waals surface area contributed by atoms with Crippen molar-refractivity contribution in [1.82, 2.24) is 4.90 Å². The number of hydrogen-bond acceptors (Lipinski definition) is 3. The first-order chi connectivity index (χ1) is 11.3. The van der Waals surface area contributed by atoms with Gasteiger partial charge in [0.05, 0.1) is 12.2 Å². The van der Waals surface area contributed by atoms with E-state index in [0.29, 0.717) is 24.4 Å². The molecular formula is C21H33NO3. The Bertz CT molecular complexity index is 607. The molecule has 1 heterocycles. The molecule has 1 aromatic rings. The summed E-state index contributed by atoms with van der Waals surface area (Å²) in [4.78, 5) is 15.0. The van der Waals surface area contributed by atoms with Crippen LogP contribution in [0.2, 0.25) is 0 Å². The molecule has 1 saturated heterocycles. The van der Waals surface area contributed by atoms with Crippen LogP contribution in [0.4, 0.5) is 0 Å². The molecule has 0 spiro atoms. The topological polar surface area (TPSA) is 49.8 Å². The lowest BCUT2D eigenvalue weighted by atomic mass is 9.78. The maximum Gasteiger partial charge on any atom is 0.254 e. The normalized spacial score (nSPS) is 22.2. The average Bonchev–Trinajstić information content (AvgIpc) is 2.43. The third-order valence-electron chi connectivity index (χ3n) is 4.68. The molecule has 1 aliphatic heterocycles.